The highest BCUT2D eigenvalue weighted by molar-refractivity contribution is 6.06. The second-order valence-electron chi connectivity index (χ2n) is 17.1. The number of carbonyl (C=O) groups excluding carboxylic acids is 1. The molecule has 2 aliphatic heterocycles. The van der Waals surface area contributed by atoms with Crippen molar-refractivity contribution in [2.45, 2.75) is 110 Å². The maximum atomic E-state index is 16.4. The van der Waals surface area contributed by atoms with E-state index in [1.807, 2.05) is 57.0 Å². The zero-order valence-electron chi connectivity index (χ0n) is 34.7. The van der Waals surface area contributed by atoms with Gasteiger partial charge in [0.1, 0.15) is 42.1 Å². The third kappa shape index (κ3) is 8.37. The third-order valence-corrected chi connectivity index (χ3v) is 11.4. The number of halogens is 2. The fourth-order valence-electron chi connectivity index (χ4n) is 8.16. The van der Waals surface area contributed by atoms with Gasteiger partial charge >= 0.3 is 12.1 Å². The lowest BCUT2D eigenvalue weighted by Crippen LogP contribution is -2.39. The van der Waals surface area contributed by atoms with Crippen molar-refractivity contribution in [1.82, 2.24) is 24.6 Å². The smallest absolute Gasteiger partial charge is 0.410 e. The molecule has 1 unspecified atom stereocenters. The number of ether oxygens (including phenoxy) is 4. The molecule has 2 aromatic heterocycles. The second-order valence-corrected chi connectivity index (χ2v) is 17.1. The Hall–Kier alpha value is -5.48. The molecule has 3 fully saturated rings. The molecule has 0 radical (unpaired) electrons. The van der Waals surface area contributed by atoms with Crippen molar-refractivity contribution < 1.29 is 32.5 Å². The summed E-state index contributed by atoms with van der Waals surface area (Å²) >= 11 is 0. The minimum Gasteiger partial charge on any atom is -0.486 e. The molecule has 11 nitrogen and oxygen atoms in total. The topological polar surface area (TPSA) is 104 Å². The van der Waals surface area contributed by atoms with Crippen LogP contribution in [0.2, 0.25) is 0 Å². The Morgan fingerprint density at radius 1 is 1.07 bits per heavy atom. The lowest BCUT2D eigenvalue weighted by atomic mass is 9.88. The van der Waals surface area contributed by atoms with Crippen LogP contribution in [0, 0.1) is 25.1 Å². The largest absolute Gasteiger partial charge is 0.486 e. The van der Waals surface area contributed by atoms with Crippen LogP contribution in [0.5, 0.6) is 11.8 Å². The first-order valence-corrected chi connectivity index (χ1v) is 20.6. The summed E-state index contributed by atoms with van der Waals surface area (Å²) in [6.45, 7) is 10.2. The monoisotopic (exact) mass is 806 g/mol. The summed E-state index contributed by atoms with van der Waals surface area (Å²) in [6, 6.07) is 11.1. The summed E-state index contributed by atoms with van der Waals surface area (Å²) in [7, 11) is 1.94. The van der Waals surface area contributed by atoms with E-state index >= 15 is 4.39 Å². The summed E-state index contributed by atoms with van der Waals surface area (Å²) in [6.07, 6.45) is 10.8. The predicted octanol–water partition coefficient (Wildman–Crippen LogP) is 9.41. The molecule has 1 saturated carbocycles. The van der Waals surface area contributed by atoms with Gasteiger partial charge in [0, 0.05) is 66.3 Å². The van der Waals surface area contributed by atoms with E-state index < -0.39 is 11.8 Å². The number of carbonyl (C=O) groups is 1. The highest BCUT2D eigenvalue weighted by Crippen LogP contribution is 2.53. The number of fused-ring (bicyclic) bond motifs is 2. The number of terminal acetylenes is 1. The molecule has 3 atom stereocenters. The van der Waals surface area contributed by atoms with Gasteiger partial charge in [-0.1, -0.05) is 18.1 Å². The van der Waals surface area contributed by atoms with Crippen molar-refractivity contribution in [1.29, 1.82) is 0 Å². The summed E-state index contributed by atoms with van der Waals surface area (Å²) in [5.74, 6) is 3.43. The molecule has 0 N–H and O–H groups in total. The highest BCUT2D eigenvalue weighted by atomic mass is 19.1. The number of hydrogen-bond donors (Lipinski definition) is 0. The number of hydrogen-bond acceptors (Lipinski definition) is 9. The maximum Gasteiger partial charge on any atom is 0.410 e. The van der Waals surface area contributed by atoms with E-state index in [2.05, 4.69) is 12.0 Å². The molecule has 4 heterocycles. The van der Waals surface area contributed by atoms with E-state index in [1.54, 1.807) is 28.8 Å². The van der Waals surface area contributed by atoms with Crippen LogP contribution in [0.4, 0.5) is 19.4 Å². The average Bonchev–Trinajstić information content (AvgIpc) is 3.79. The fourth-order valence-corrected chi connectivity index (χ4v) is 8.16. The SMILES string of the molecule is C#Cc1ccc(COc2c(-c3c(C)c(F)cc4c3cnn4C3CCCCO3)c(C3CC3)cc3c(N(C)[C@H]4CCN(C(=O)OC(C)(C)C)C4)nc(OC[C@@H](C)F)nc23)cc1. The van der Waals surface area contributed by atoms with Crippen LogP contribution in [0.1, 0.15) is 101 Å². The molecule has 310 valence electrons. The van der Waals surface area contributed by atoms with E-state index in [9.17, 15) is 9.18 Å². The van der Waals surface area contributed by atoms with Crippen molar-refractivity contribution in [2.75, 3.05) is 38.3 Å². The molecule has 2 saturated heterocycles. The predicted molar refractivity (Wildman–Crippen MR) is 223 cm³/mol. The first-order valence-electron chi connectivity index (χ1n) is 20.6. The molecule has 59 heavy (non-hydrogen) atoms. The number of anilines is 1. The Bertz CT molecular complexity index is 2410. The van der Waals surface area contributed by atoms with Gasteiger partial charge in [0.2, 0.25) is 0 Å². The zero-order valence-corrected chi connectivity index (χ0v) is 34.7. The average molecular weight is 807 g/mol. The van der Waals surface area contributed by atoms with Gasteiger partial charge in [-0.05, 0) is 114 Å². The van der Waals surface area contributed by atoms with Crippen LogP contribution in [-0.4, -0.2) is 81.9 Å². The van der Waals surface area contributed by atoms with Crippen molar-refractivity contribution in [3.05, 3.63) is 70.7 Å². The molecule has 8 rings (SSSR count). The van der Waals surface area contributed by atoms with Gasteiger partial charge < -0.3 is 28.7 Å². The first-order chi connectivity index (χ1) is 28.3. The van der Waals surface area contributed by atoms with Gasteiger partial charge in [0.25, 0.3) is 0 Å². The fraction of sp³-hybridized carbons (Fsp3) is 0.478. The van der Waals surface area contributed by atoms with Crippen LogP contribution in [0.15, 0.2) is 42.6 Å². The zero-order chi connectivity index (χ0) is 41.6. The number of likely N-dealkylation sites (N-methyl/N-ethyl adjacent to an activating group) is 1. The highest BCUT2D eigenvalue weighted by Gasteiger charge is 2.37. The molecule has 3 aliphatic rings. The van der Waals surface area contributed by atoms with Crippen LogP contribution in [0.3, 0.4) is 0 Å². The van der Waals surface area contributed by atoms with E-state index in [4.69, 9.17) is 40.4 Å². The van der Waals surface area contributed by atoms with E-state index in [0.29, 0.717) is 65.2 Å². The number of benzene rings is 3. The number of rotatable bonds is 11. The maximum absolute atomic E-state index is 16.4. The van der Waals surface area contributed by atoms with Gasteiger partial charge in [0.05, 0.1) is 11.7 Å². The van der Waals surface area contributed by atoms with Gasteiger partial charge in [-0.2, -0.15) is 15.1 Å². The van der Waals surface area contributed by atoms with E-state index in [0.717, 1.165) is 59.7 Å². The van der Waals surface area contributed by atoms with Gasteiger partial charge in [-0.3, -0.25) is 0 Å². The molecule has 0 bridgehead atoms. The third-order valence-electron chi connectivity index (χ3n) is 11.4. The lowest BCUT2D eigenvalue weighted by Gasteiger charge is -2.29. The van der Waals surface area contributed by atoms with Crippen molar-refractivity contribution in [3.63, 3.8) is 0 Å². The molecule has 3 aromatic carbocycles. The lowest BCUT2D eigenvalue weighted by molar-refractivity contribution is -0.0366. The van der Waals surface area contributed by atoms with Crippen molar-refractivity contribution >= 4 is 33.7 Å². The molecule has 1 aliphatic carbocycles. The van der Waals surface area contributed by atoms with E-state index in [-0.39, 0.29) is 49.3 Å². The molecule has 1 amide bonds. The summed E-state index contributed by atoms with van der Waals surface area (Å²) < 4.78 is 57.3. The Balaban J connectivity index is 1.34. The summed E-state index contributed by atoms with van der Waals surface area (Å²) in [4.78, 5) is 26.7. The second kappa shape index (κ2) is 16.3. The number of nitrogens with zero attached hydrogens (tertiary/aromatic N) is 6. The molecule has 0 spiro atoms. The number of likely N-dealkylation sites (tertiary alicyclic amines) is 1. The van der Waals surface area contributed by atoms with Crippen LogP contribution >= 0.6 is 0 Å². The Kier molecular flexibility index (Phi) is 11.1. The van der Waals surface area contributed by atoms with Crippen molar-refractivity contribution in [2.24, 2.45) is 0 Å². The summed E-state index contributed by atoms with van der Waals surface area (Å²) in [5, 5.41) is 6.26. The van der Waals surface area contributed by atoms with Gasteiger partial charge in [0.15, 0.2) is 12.0 Å². The summed E-state index contributed by atoms with van der Waals surface area (Å²) in [5.41, 5.74) is 4.87. The minimum absolute atomic E-state index is 0.0254. The van der Waals surface area contributed by atoms with Crippen LogP contribution < -0.4 is 14.4 Å². The molecule has 13 heteroatoms. The van der Waals surface area contributed by atoms with Gasteiger partial charge in [-0.25, -0.2) is 18.3 Å². The molecule has 5 aromatic rings. The normalized spacial score (nSPS) is 18.9. The minimum atomic E-state index is -1.28. The molecular weight excluding hydrogens is 755 g/mol. The van der Waals surface area contributed by atoms with Crippen LogP contribution in [-0.2, 0) is 16.1 Å². The first kappa shape index (κ1) is 40.3. The number of aromatic nitrogens is 4. The quantitative estimate of drug-likeness (QED) is 0.121. The Labute approximate surface area is 344 Å². The van der Waals surface area contributed by atoms with Crippen molar-refractivity contribution in [3.8, 4) is 35.2 Å². The standard InChI is InChI=1S/C46H52F2N6O5/c1-8-29-12-14-30(15-13-29)26-57-42-40(39-28(3)36(48)22-37-35(39)23-49-54(37)38-11-9-10-20-56-38)33(31-16-17-31)21-34-41(42)50-44(58-25-27(2)47)51-43(34)52(7)32-18-19-53(24-32)45(55)59-46(4,5)6/h1,12-15,21-23,27,31-32,38H,9-11,16-20,24-26H2,2-7H3/t27-,32+,38?/m1/s1. The number of alkyl halides is 1. The Morgan fingerprint density at radius 3 is 2.53 bits per heavy atom. The molecular formula is C46H52F2N6O5. The van der Waals surface area contributed by atoms with Crippen LogP contribution in [0.25, 0.3) is 32.9 Å². The van der Waals surface area contributed by atoms with Gasteiger partial charge in [-0.15, -0.1) is 6.42 Å². The number of amides is 1. The van der Waals surface area contributed by atoms with E-state index in [1.165, 1.54) is 6.92 Å². The Morgan fingerprint density at radius 2 is 1.85 bits per heavy atom.